The topological polar surface area (TPSA) is 90.6 Å². The molecule has 1 aliphatic carbocycles. The first kappa shape index (κ1) is 20.7. The van der Waals surface area contributed by atoms with E-state index in [-0.39, 0.29) is 33.8 Å². The van der Waals surface area contributed by atoms with Crippen molar-refractivity contribution in [3.63, 3.8) is 0 Å². The van der Waals surface area contributed by atoms with E-state index in [1.54, 1.807) is 42.7 Å². The van der Waals surface area contributed by atoms with E-state index in [4.69, 9.17) is 0 Å². The zero-order chi connectivity index (χ0) is 24.1. The number of benzene rings is 1. The Bertz CT molecular complexity index is 1650. The van der Waals surface area contributed by atoms with Crippen LogP contribution in [0, 0.1) is 11.6 Å². The second kappa shape index (κ2) is 7.84. The van der Waals surface area contributed by atoms with Crippen LogP contribution in [0.1, 0.15) is 32.0 Å². The van der Waals surface area contributed by atoms with Gasteiger partial charge < -0.3 is 0 Å². The molecule has 6 rings (SSSR count). The van der Waals surface area contributed by atoms with Gasteiger partial charge in [0.2, 0.25) is 5.78 Å². The van der Waals surface area contributed by atoms with Crippen molar-refractivity contribution in [2.24, 2.45) is 0 Å². The van der Waals surface area contributed by atoms with Gasteiger partial charge in [0.15, 0.2) is 11.6 Å². The quantitative estimate of drug-likeness (QED) is 0.384. The summed E-state index contributed by atoms with van der Waals surface area (Å²) in [7, 11) is 0. The third kappa shape index (κ3) is 3.24. The molecule has 0 saturated carbocycles. The van der Waals surface area contributed by atoms with Gasteiger partial charge in [0, 0.05) is 42.0 Å². The van der Waals surface area contributed by atoms with Crippen molar-refractivity contribution in [3.8, 4) is 28.3 Å². The summed E-state index contributed by atoms with van der Waals surface area (Å²) in [5.74, 6) is -2.74. The molecule has 0 bridgehead atoms. The van der Waals surface area contributed by atoms with E-state index in [9.17, 15) is 18.4 Å². The highest BCUT2D eigenvalue weighted by atomic mass is 19.1. The fourth-order valence-electron chi connectivity index (χ4n) is 4.11. The highest BCUT2D eigenvalue weighted by molar-refractivity contribution is 6.29. The molecule has 35 heavy (non-hydrogen) atoms. The lowest BCUT2D eigenvalue weighted by atomic mass is 9.86. The van der Waals surface area contributed by atoms with Gasteiger partial charge in [0.25, 0.3) is 0 Å². The van der Waals surface area contributed by atoms with Gasteiger partial charge in [-0.2, -0.15) is 5.10 Å². The zero-order valence-electron chi connectivity index (χ0n) is 17.8. The van der Waals surface area contributed by atoms with Crippen LogP contribution in [0.4, 0.5) is 8.78 Å². The molecule has 0 atom stereocenters. The molecule has 1 aromatic carbocycles. The predicted octanol–water partition coefficient (Wildman–Crippen LogP) is 4.44. The Morgan fingerprint density at radius 3 is 2.40 bits per heavy atom. The summed E-state index contributed by atoms with van der Waals surface area (Å²) in [6.45, 7) is 0. The Balaban J connectivity index is 1.61. The molecule has 0 N–H and O–H groups in total. The van der Waals surface area contributed by atoms with Crippen molar-refractivity contribution in [2.75, 3.05) is 0 Å². The number of nitrogens with zero attached hydrogens (tertiary/aromatic N) is 5. The Morgan fingerprint density at radius 1 is 0.771 bits per heavy atom. The highest BCUT2D eigenvalue weighted by Gasteiger charge is 2.38. The lowest BCUT2D eigenvalue weighted by Crippen LogP contribution is -2.23. The SMILES string of the molecule is O=C1c2cc(-c3cccnc3)ncc2C(=O)c2c1c(-c1ccccn1)nn2-c1ccc(F)cc1F. The van der Waals surface area contributed by atoms with Gasteiger partial charge in [-0.15, -0.1) is 0 Å². The fraction of sp³-hybridized carbons (Fsp3) is 0. The van der Waals surface area contributed by atoms with Gasteiger partial charge in [0.05, 0.1) is 22.5 Å². The van der Waals surface area contributed by atoms with Crippen molar-refractivity contribution in [2.45, 2.75) is 0 Å². The predicted molar refractivity (Wildman–Crippen MR) is 121 cm³/mol. The average molecular weight is 465 g/mol. The van der Waals surface area contributed by atoms with E-state index in [0.717, 1.165) is 16.8 Å². The van der Waals surface area contributed by atoms with Crippen molar-refractivity contribution in [1.82, 2.24) is 24.7 Å². The summed E-state index contributed by atoms with van der Waals surface area (Å²) in [5, 5.41) is 4.41. The first-order valence-electron chi connectivity index (χ1n) is 10.5. The van der Waals surface area contributed by atoms with Crippen molar-refractivity contribution >= 4 is 11.6 Å². The number of pyridine rings is 3. The summed E-state index contributed by atoms with van der Waals surface area (Å²) >= 11 is 0. The van der Waals surface area contributed by atoms with E-state index >= 15 is 0 Å². The number of carbonyl (C=O) groups is 2. The minimum Gasteiger partial charge on any atom is -0.288 e. The van der Waals surface area contributed by atoms with Crippen LogP contribution in [-0.4, -0.2) is 36.3 Å². The molecule has 0 spiro atoms. The number of aromatic nitrogens is 5. The van der Waals surface area contributed by atoms with Crippen LogP contribution < -0.4 is 0 Å². The minimum absolute atomic E-state index is 0.00624. The van der Waals surface area contributed by atoms with E-state index < -0.39 is 23.2 Å². The van der Waals surface area contributed by atoms with Gasteiger partial charge in [0.1, 0.15) is 22.9 Å². The average Bonchev–Trinajstić information content (AvgIpc) is 3.29. The van der Waals surface area contributed by atoms with E-state index in [1.807, 2.05) is 0 Å². The number of halogens is 2. The van der Waals surface area contributed by atoms with Crippen LogP contribution in [0.3, 0.4) is 0 Å². The molecule has 7 nitrogen and oxygen atoms in total. The van der Waals surface area contributed by atoms with Crippen LogP contribution in [-0.2, 0) is 0 Å². The normalized spacial score (nSPS) is 12.4. The Hall–Kier alpha value is -4.92. The third-order valence-electron chi connectivity index (χ3n) is 5.72. The Kier molecular flexibility index (Phi) is 4.63. The number of fused-ring (bicyclic) bond motifs is 2. The maximum atomic E-state index is 14.7. The maximum Gasteiger partial charge on any atom is 0.214 e. The molecule has 0 radical (unpaired) electrons. The summed E-state index contributed by atoms with van der Waals surface area (Å²) in [6, 6.07) is 13.0. The van der Waals surface area contributed by atoms with E-state index in [1.165, 1.54) is 18.5 Å². The van der Waals surface area contributed by atoms with Gasteiger partial charge in [-0.1, -0.05) is 6.07 Å². The molecular weight excluding hydrogens is 452 g/mol. The first-order chi connectivity index (χ1) is 17.0. The summed E-state index contributed by atoms with van der Waals surface area (Å²) < 4.78 is 29.4. The third-order valence-corrected chi connectivity index (χ3v) is 5.72. The fourth-order valence-corrected chi connectivity index (χ4v) is 4.11. The summed E-state index contributed by atoms with van der Waals surface area (Å²) in [4.78, 5) is 40.1. The number of hydrogen-bond acceptors (Lipinski definition) is 6. The number of rotatable bonds is 3. The van der Waals surface area contributed by atoms with Gasteiger partial charge in [-0.25, -0.2) is 13.5 Å². The first-order valence-corrected chi connectivity index (χ1v) is 10.5. The lowest BCUT2D eigenvalue weighted by Gasteiger charge is -2.17. The van der Waals surface area contributed by atoms with Crippen LogP contribution in [0.15, 0.2) is 79.4 Å². The van der Waals surface area contributed by atoms with Crippen molar-refractivity contribution < 1.29 is 18.4 Å². The second-order valence-electron chi connectivity index (χ2n) is 7.81. The smallest absolute Gasteiger partial charge is 0.214 e. The minimum atomic E-state index is -0.932. The molecule has 4 heterocycles. The molecule has 0 aliphatic heterocycles. The standard InChI is InChI=1S/C26H13F2N5O2/c27-15-6-7-21(18(28)10-15)33-24-22(23(32-33)19-5-1-2-9-30-19)25(34)16-11-20(14-4-3-8-29-12-14)31-13-17(16)26(24)35/h1-13H. The van der Waals surface area contributed by atoms with Gasteiger partial charge in [-0.3, -0.25) is 24.5 Å². The molecular formula is C26H13F2N5O2. The molecule has 4 aromatic heterocycles. The molecule has 0 unspecified atom stereocenters. The van der Waals surface area contributed by atoms with E-state index in [0.29, 0.717) is 23.0 Å². The van der Waals surface area contributed by atoms with Crippen LogP contribution in [0.5, 0.6) is 0 Å². The molecule has 5 aromatic rings. The van der Waals surface area contributed by atoms with Crippen molar-refractivity contribution in [1.29, 1.82) is 0 Å². The molecule has 0 fully saturated rings. The largest absolute Gasteiger partial charge is 0.288 e. The Morgan fingerprint density at radius 2 is 1.66 bits per heavy atom. The zero-order valence-corrected chi connectivity index (χ0v) is 17.8. The maximum absolute atomic E-state index is 14.7. The Labute approximate surface area is 196 Å². The van der Waals surface area contributed by atoms with Gasteiger partial charge in [-0.05, 0) is 42.5 Å². The molecule has 0 amide bonds. The van der Waals surface area contributed by atoms with Crippen LogP contribution in [0.2, 0.25) is 0 Å². The molecule has 168 valence electrons. The number of ketones is 2. The van der Waals surface area contributed by atoms with Crippen LogP contribution >= 0.6 is 0 Å². The lowest BCUT2D eigenvalue weighted by molar-refractivity contribution is 0.0975. The van der Waals surface area contributed by atoms with E-state index in [2.05, 4.69) is 20.1 Å². The number of carbonyl (C=O) groups excluding carboxylic acids is 2. The highest BCUT2D eigenvalue weighted by Crippen LogP contribution is 2.36. The second-order valence-corrected chi connectivity index (χ2v) is 7.81. The summed E-state index contributed by atoms with van der Waals surface area (Å²) in [5.41, 5.74) is 1.49. The molecule has 9 heteroatoms. The molecule has 1 aliphatic rings. The van der Waals surface area contributed by atoms with Crippen molar-refractivity contribution in [3.05, 3.63) is 113 Å². The molecule has 0 saturated heterocycles. The summed E-state index contributed by atoms with van der Waals surface area (Å²) in [6.07, 6.45) is 6.06. The number of hydrogen-bond donors (Lipinski definition) is 0. The van der Waals surface area contributed by atoms with Crippen LogP contribution in [0.25, 0.3) is 28.3 Å². The van der Waals surface area contributed by atoms with Gasteiger partial charge >= 0.3 is 0 Å². The monoisotopic (exact) mass is 465 g/mol.